The van der Waals surface area contributed by atoms with Crippen molar-refractivity contribution in [3.8, 4) is 11.3 Å². The van der Waals surface area contributed by atoms with Gasteiger partial charge in [-0.15, -0.1) is 10.2 Å². The number of aromatic nitrogens is 2. The van der Waals surface area contributed by atoms with Gasteiger partial charge in [-0.25, -0.2) is 0 Å². The largest absolute Gasteiger partial charge is 0.352 e. The van der Waals surface area contributed by atoms with Crippen LogP contribution in [0.5, 0.6) is 0 Å². The van der Waals surface area contributed by atoms with Crippen LogP contribution in [0.15, 0.2) is 60.7 Å². The average molecular weight is 505 g/mol. The van der Waals surface area contributed by atoms with Crippen LogP contribution in [-0.4, -0.2) is 47.2 Å². The van der Waals surface area contributed by atoms with E-state index >= 15 is 0 Å². The number of anilines is 1. The Morgan fingerprint density at radius 1 is 0.893 bits per heavy atom. The van der Waals surface area contributed by atoms with Gasteiger partial charge in [0, 0.05) is 40.3 Å². The van der Waals surface area contributed by atoms with Crippen LogP contribution >= 0.6 is 34.2 Å². The number of hydrogen-bond acceptors (Lipinski definition) is 4. The van der Waals surface area contributed by atoms with Crippen LogP contribution < -0.4 is 4.90 Å². The molecule has 1 aliphatic rings. The molecule has 7 heteroatoms. The molecule has 1 fully saturated rings. The maximum absolute atomic E-state index is 12.8. The quantitative estimate of drug-likeness (QED) is 0.497. The molecule has 0 bridgehead atoms. The third-order valence-corrected chi connectivity index (χ3v) is 5.98. The minimum absolute atomic E-state index is 0.0915. The number of halogens is 2. The van der Waals surface area contributed by atoms with Gasteiger partial charge in [-0.05, 0) is 59.0 Å². The lowest BCUT2D eigenvalue weighted by atomic mass is 10.1. The van der Waals surface area contributed by atoms with E-state index in [1.54, 1.807) is 0 Å². The van der Waals surface area contributed by atoms with Gasteiger partial charge in [0.15, 0.2) is 5.82 Å². The van der Waals surface area contributed by atoms with Gasteiger partial charge in [-0.3, -0.25) is 4.79 Å². The van der Waals surface area contributed by atoms with Crippen molar-refractivity contribution in [3.63, 3.8) is 0 Å². The molecule has 2 aromatic carbocycles. The van der Waals surface area contributed by atoms with E-state index in [1.165, 1.54) is 0 Å². The summed E-state index contributed by atoms with van der Waals surface area (Å²) >= 11 is 8.15. The van der Waals surface area contributed by atoms with Crippen LogP contribution in [0.2, 0.25) is 5.02 Å². The normalized spacial score (nSPS) is 14.2. The number of rotatable bonds is 3. The predicted octanol–water partition coefficient (Wildman–Crippen LogP) is 4.36. The topological polar surface area (TPSA) is 49.3 Å². The molecule has 0 saturated carbocycles. The highest BCUT2D eigenvalue weighted by atomic mass is 127. The molecule has 2 heterocycles. The first kappa shape index (κ1) is 19.1. The third-order valence-electron chi connectivity index (χ3n) is 4.79. The van der Waals surface area contributed by atoms with Crippen molar-refractivity contribution in [2.45, 2.75) is 0 Å². The zero-order valence-corrected chi connectivity index (χ0v) is 18.0. The molecule has 0 unspecified atom stereocenters. The molecule has 1 aliphatic heterocycles. The zero-order chi connectivity index (χ0) is 19.5. The van der Waals surface area contributed by atoms with Crippen molar-refractivity contribution < 1.29 is 4.79 Å². The Morgan fingerprint density at radius 3 is 2.25 bits per heavy atom. The Labute approximate surface area is 182 Å². The second kappa shape index (κ2) is 8.45. The van der Waals surface area contributed by atoms with Gasteiger partial charge >= 0.3 is 0 Å². The highest BCUT2D eigenvalue weighted by molar-refractivity contribution is 14.1. The molecule has 4 rings (SSSR count). The fraction of sp³-hybridized carbons (Fsp3) is 0.190. The number of carbonyl (C=O) groups is 1. The number of amides is 1. The minimum atomic E-state index is 0.0915. The second-order valence-corrected chi connectivity index (χ2v) is 8.14. The van der Waals surface area contributed by atoms with Crippen LogP contribution in [0.4, 0.5) is 5.82 Å². The number of hydrogen-bond donors (Lipinski definition) is 0. The Balaban J connectivity index is 1.40. The lowest BCUT2D eigenvalue weighted by molar-refractivity contribution is 0.0745. The van der Waals surface area contributed by atoms with Crippen molar-refractivity contribution in [2.24, 2.45) is 0 Å². The fourth-order valence-electron chi connectivity index (χ4n) is 3.21. The van der Waals surface area contributed by atoms with Crippen LogP contribution in [0.25, 0.3) is 11.3 Å². The van der Waals surface area contributed by atoms with E-state index in [4.69, 9.17) is 11.6 Å². The van der Waals surface area contributed by atoms with Gasteiger partial charge in [0.25, 0.3) is 5.91 Å². The smallest absolute Gasteiger partial charge is 0.255 e. The lowest BCUT2D eigenvalue weighted by Gasteiger charge is -2.35. The Hall–Kier alpha value is -2.19. The first-order chi connectivity index (χ1) is 13.6. The molecule has 0 atom stereocenters. The molecule has 1 amide bonds. The maximum atomic E-state index is 12.8. The lowest BCUT2D eigenvalue weighted by Crippen LogP contribution is -2.49. The molecule has 1 saturated heterocycles. The van der Waals surface area contributed by atoms with Gasteiger partial charge in [0.1, 0.15) is 0 Å². The van der Waals surface area contributed by atoms with E-state index in [2.05, 4.69) is 37.7 Å². The zero-order valence-electron chi connectivity index (χ0n) is 15.1. The Morgan fingerprint density at radius 2 is 1.61 bits per heavy atom. The van der Waals surface area contributed by atoms with Crippen molar-refractivity contribution in [3.05, 3.63) is 74.8 Å². The van der Waals surface area contributed by atoms with Gasteiger partial charge < -0.3 is 9.80 Å². The van der Waals surface area contributed by atoms with Crippen LogP contribution in [-0.2, 0) is 0 Å². The molecule has 3 aromatic rings. The summed E-state index contributed by atoms with van der Waals surface area (Å²) in [4.78, 5) is 16.8. The van der Waals surface area contributed by atoms with Gasteiger partial charge in [0.05, 0.1) is 11.3 Å². The van der Waals surface area contributed by atoms with E-state index < -0.39 is 0 Å². The van der Waals surface area contributed by atoms with E-state index in [0.717, 1.165) is 39.3 Å². The van der Waals surface area contributed by atoms with Crippen LogP contribution in [0.1, 0.15) is 10.4 Å². The molecular formula is C21H18ClIN4O. The van der Waals surface area contributed by atoms with Crippen molar-refractivity contribution in [1.82, 2.24) is 15.1 Å². The molecule has 0 radical (unpaired) electrons. The molecule has 1 aromatic heterocycles. The highest BCUT2D eigenvalue weighted by Gasteiger charge is 2.24. The van der Waals surface area contributed by atoms with E-state index in [9.17, 15) is 4.79 Å². The fourth-order valence-corrected chi connectivity index (χ4v) is 3.96. The summed E-state index contributed by atoms with van der Waals surface area (Å²) in [5, 5.41) is 9.43. The van der Waals surface area contributed by atoms with Gasteiger partial charge in [0.2, 0.25) is 0 Å². The van der Waals surface area contributed by atoms with Crippen LogP contribution in [0, 0.1) is 3.57 Å². The molecule has 0 N–H and O–H groups in total. The van der Waals surface area contributed by atoms with E-state index in [1.807, 2.05) is 65.6 Å². The monoisotopic (exact) mass is 504 g/mol. The van der Waals surface area contributed by atoms with Crippen molar-refractivity contribution >= 4 is 45.9 Å². The summed E-state index contributed by atoms with van der Waals surface area (Å²) in [5.41, 5.74) is 2.56. The summed E-state index contributed by atoms with van der Waals surface area (Å²) in [6.07, 6.45) is 0. The molecule has 28 heavy (non-hydrogen) atoms. The molecule has 5 nitrogen and oxygen atoms in total. The summed E-state index contributed by atoms with van der Waals surface area (Å²) in [5.74, 6) is 0.924. The standard InChI is InChI=1S/C21H18ClIN4O/c22-16-7-5-15(6-8-16)19-9-10-20(25-24-19)26-11-13-27(14-12-26)21(28)17-3-1-2-4-18(17)23/h1-10H,11-14H2. The summed E-state index contributed by atoms with van der Waals surface area (Å²) < 4.78 is 0.983. The first-order valence-electron chi connectivity index (χ1n) is 9.00. The SMILES string of the molecule is O=C(c1ccccc1I)N1CCN(c2ccc(-c3ccc(Cl)cc3)nn2)CC1. The number of piperazine rings is 1. The van der Waals surface area contributed by atoms with E-state index in [-0.39, 0.29) is 5.91 Å². The Bertz CT molecular complexity index is 970. The van der Waals surface area contributed by atoms with Crippen molar-refractivity contribution in [2.75, 3.05) is 31.1 Å². The summed E-state index contributed by atoms with van der Waals surface area (Å²) in [6.45, 7) is 2.82. The predicted molar refractivity (Wildman–Crippen MR) is 120 cm³/mol. The number of carbonyl (C=O) groups excluding carboxylic acids is 1. The average Bonchev–Trinajstić information content (AvgIpc) is 2.74. The highest BCUT2D eigenvalue weighted by Crippen LogP contribution is 2.22. The second-order valence-electron chi connectivity index (χ2n) is 6.54. The molecular weight excluding hydrogens is 487 g/mol. The first-order valence-corrected chi connectivity index (χ1v) is 10.5. The third kappa shape index (κ3) is 4.12. The maximum Gasteiger partial charge on any atom is 0.255 e. The van der Waals surface area contributed by atoms with Crippen LogP contribution in [0.3, 0.4) is 0 Å². The van der Waals surface area contributed by atoms with Gasteiger partial charge in [-0.1, -0.05) is 35.9 Å². The van der Waals surface area contributed by atoms with Gasteiger partial charge in [-0.2, -0.15) is 0 Å². The molecule has 0 spiro atoms. The molecule has 142 valence electrons. The van der Waals surface area contributed by atoms with E-state index in [0.29, 0.717) is 18.1 Å². The summed E-state index contributed by atoms with van der Waals surface area (Å²) in [7, 11) is 0. The minimum Gasteiger partial charge on any atom is -0.352 e. The number of nitrogens with zero attached hydrogens (tertiary/aromatic N) is 4. The Kier molecular flexibility index (Phi) is 5.77. The molecule has 0 aliphatic carbocycles. The summed E-state index contributed by atoms with van der Waals surface area (Å²) in [6, 6.07) is 19.2. The number of benzene rings is 2. The van der Waals surface area contributed by atoms with Crippen molar-refractivity contribution in [1.29, 1.82) is 0 Å².